The fourth-order valence-corrected chi connectivity index (χ4v) is 4.15. The van der Waals surface area contributed by atoms with Crippen LogP contribution in [0, 0.1) is 0 Å². The normalized spacial score (nSPS) is 26.0. The number of piperidine rings is 1. The van der Waals surface area contributed by atoms with Crippen LogP contribution in [-0.4, -0.2) is 60.1 Å². The van der Waals surface area contributed by atoms with Crippen molar-refractivity contribution in [1.29, 1.82) is 0 Å². The number of likely N-dealkylation sites (N-methyl/N-ethyl adjacent to an activating group) is 1. The van der Waals surface area contributed by atoms with E-state index < -0.39 is 5.60 Å². The molecule has 0 unspecified atom stereocenters. The van der Waals surface area contributed by atoms with Crippen molar-refractivity contribution >= 4 is 5.91 Å². The zero-order valence-electron chi connectivity index (χ0n) is 14.0. The van der Waals surface area contributed by atoms with Crippen LogP contribution in [0.3, 0.4) is 0 Å². The van der Waals surface area contributed by atoms with Gasteiger partial charge in [0.15, 0.2) is 0 Å². The summed E-state index contributed by atoms with van der Waals surface area (Å²) in [6.07, 6.45) is 5.02. The maximum atomic E-state index is 12.2. The summed E-state index contributed by atoms with van der Waals surface area (Å²) in [4.78, 5) is 16.7. The number of carbonyl (C=O) groups is 1. The molecule has 4 heteroatoms. The topological polar surface area (TPSA) is 32.8 Å². The Morgan fingerprint density at radius 1 is 1.09 bits per heavy atom. The predicted molar refractivity (Wildman–Crippen MR) is 89.2 cm³/mol. The third-order valence-corrected chi connectivity index (χ3v) is 5.70. The average molecular weight is 314 g/mol. The van der Waals surface area contributed by atoms with Crippen LogP contribution in [0.5, 0.6) is 0 Å². The van der Waals surface area contributed by atoms with Crippen LogP contribution in [0.25, 0.3) is 0 Å². The van der Waals surface area contributed by atoms with Crippen LogP contribution >= 0.6 is 0 Å². The Morgan fingerprint density at radius 2 is 1.78 bits per heavy atom. The van der Waals surface area contributed by atoms with Crippen molar-refractivity contribution in [3.8, 4) is 0 Å². The smallest absolute Gasteiger partial charge is 0.254 e. The van der Waals surface area contributed by atoms with Crippen LogP contribution in [-0.2, 0) is 16.0 Å². The fourth-order valence-electron chi connectivity index (χ4n) is 4.15. The number of rotatable bonds is 3. The van der Waals surface area contributed by atoms with E-state index >= 15 is 0 Å². The van der Waals surface area contributed by atoms with Gasteiger partial charge in [0.05, 0.1) is 5.60 Å². The second-order valence-electron chi connectivity index (χ2n) is 7.52. The SMILES string of the molecule is CN1CC2(CCN(CCc3ccccc3)CC2)OC2(CC2)C1=O. The molecule has 0 bridgehead atoms. The molecule has 2 aliphatic heterocycles. The monoisotopic (exact) mass is 314 g/mol. The number of hydrogen-bond donors (Lipinski definition) is 0. The maximum absolute atomic E-state index is 12.2. The van der Waals surface area contributed by atoms with Gasteiger partial charge < -0.3 is 14.5 Å². The fraction of sp³-hybridized carbons (Fsp3) is 0.632. The molecule has 4 nitrogen and oxygen atoms in total. The maximum Gasteiger partial charge on any atom is 0.254 e. The average Bonchev–Trinajstić information content (AvgIpc) is 3.33. The van der Waals surface area contributed by atoms with Gasteiger partial charge in [-0.15, -0.1) is 0 Å². The second kappa shape index (κ2) is 5.60. The van der Waals surface area contributed by atoms with Gasteiger partial charge in [-0.05, 0) is 37.7 Å². The summed E-state index contributed by atoms with van der Waals surface area (Å²) in [6, 6.07) is 10.7. The quantitative estimate of drug-likeness (QED) is 0.856. The van der Waals surface area contributed by atoms with Crippen molar-refractivity contribution in [2.75, 3.05) is 33.2 Å². The molecule has 3 fully saturated rings. The molecular weight excluding hydrogens is 288 g/mol. The zero-order valence-corrected chi connectivity index (χ0v) is 14.0. The van der Waals surface area contributed by atoms with Crippen molar-refractivity contribution in [1.82, 2.24) is 9.80 Å². The molecule has 1 aliphatic carbocycles. The van der Waals surface area contributed by atoms with Crippen molar-refractivity contribution in [3.05, 3.63) is 35.9 Å². The summed E-state index contributed by atoms with van der Waals surface area (Å²) < 4.78 is 6.39. The minimum atomic E-state index is -0.445. The van der Waals surface area contributed by atoms with E-state index in [0.717, 1.165) is 58.3 Å². The zero-order chi connectivity index (χ0) is 15.9. The van der Waals surface area contributed by atoms with Gasteiger partial charge >= 0.3 is 0 Å². The van der Waals surface area contributed by atoms with Gasteiger partial charge in [0.25, 0.3) is 5.91 Å². The van der Waals surface area contributed by atoms with Gasteiger partial charge in [0.1, 0.15) is 5.60 Å². The van der Waals surface area contributed by atoms with E-state index in [4.69, 9.17) is 4.74 Å². The second-order valence-corrected chi connectivity index (χ2v) is 7.52. The number of carbonyl (C=O) groups excluding carboxylic acids is 1. The van der Waals surface area contributed by atoms with Crippen molar-refractivity contribution < 1.29 is 9.53 Å². The molecule has 2 saturated heterocycles. The van der Waals surface area contributed by atoms with Gasteiger partial charge in [0.2, 0.25) is 0 Å². The third kappa shape index (κ3) is 2.90. The van der Waals surface area contributed by atoms with Crippen LogP contribution in [0.2, 0.25) is 0 Å². The lowest BCUT2D eigenvalue weighted by atomic mass is 9.88. The molecule has 0 N–H and O–H groups in total. The molecule has 124 valence electrons. The molecule has 2 spiro atoms. The first-order valence-corrected chi connectivity index (χ1v) is 8.83. The van der Waals surface area contributed by atoms with Gasteiger partial charge in [-0.25, -0.2) is 0 Å². The minimum Gasteiger partial charge on any atom is -0.357 e. The van der Waals surface area contributed by atoms with Crippen molar-refractivity contribution in [2.24, 2.45) is 0 Å². The van der Waals surface area contributed by atoms with E-state index in [-0.39, 0.29) is 11.5 Å². The molecular formula is C19H26N2O2. The number of nitrogens with zero attached hydrogens (tertiary/aromatic N) is 2. The lowest BCUT2D eigenvalue weighted by molar-refractivity contribution is -0.197. The summed E-state index contributed by atoms with van der Waals surface area (Å²) in [6.45, 7) is 4.02. The molecule has 1 aromatic rings. The van der Waals surface area contributed by atoms with Crippen LogP contribution in [0.4, 0.5) is 0 Å². The standard InChI is InChI=1S/C19H26N2O2/c1-20-15-18(23-19(8-9-19)17(20)22)10-13-21(14-11-18)12-7-16-5-3-2-4-6-16/h2-6H,7-15H2,1H3. The summed E-state index contributed by atoms with van der Waals surface area (Å²) in [5, 5.41) is 0. The Labute approximate surface area is 138 Å². The number of ether oxygens (including phenoxy) is 1. The molecule has 2 heterocycles. The Kier molecular flexibility index (Phi) is 3.69. The highest BCUT2D eigenvalue weighted by Gasteiger charge is 2.61. The summed E-state index contributed by atoms with van der Waals surface area (Å²) >= 11 is 0. The molecule has 3 aliphatic rings. The summed E-state index contributed by atoms with van der Waals surface area (Å²) in [7, 11) is 1.94. The highest BCUT2D eigenvalue weighted by atomic mass is 16.5. The predicted octanol–water partition coefficient (Wildman–Crippen LogP) is 2.08. The first kappa shape index (κ1) is 15.2. The molecule has 0 atom stereocenters. The number of amides is 1. The Bertz CT molecular complexity index is 574. The lowest BCUT2D eigenvalue weighted by Crippen LogP contribution is -2.62. The van der Waals surface area contributed by atoms with E-state index in [1.165, 1.54) is 5.56 Å². The summed E-state index contributed by atoms with van der Waals surface area (Å²) in [5.41, 5.74) is 0.866. The van der Waals surface area contributed by atoms with E-state index in [1.807, 2.05) is 11.9 Å². The Hall–Kier alpha value is -1.39. The van der Waals surface area contributed by atoms with Crippen LogP contribution in [0.15, 0.2) is 30.3 Å². The highest BCUT2D eigenvalue weighted by molar-refractivity contribution is 5.88. The first-order valence-electron chi connectivity index (χ1n) is 8.83. The third-order valence-electron chi connectivity index (χ3n) is 5.70. The van der Waals surface area contributed by atoms with Crippen LogP contribution < -0.4 is 0 Å². The lowest BCUT2D eigenvalue weighted by Gasteiger charge is -2.49. The molecule has 23 heavy (non-hydrogen) atoms. The molecule has 1 amide bonds. The van der Waals surface area contributed by atoms with Gasteiger partial charge in [-0.2, -0.15) is 0 Å². The molecule has 4 rings (SSSR count). The van der Waals surface area contributed by atoms with Crippen molar-refractivity contribution in [2.45, 2.75) is 43.3 Å². The van der Waals surface area contributed by atoms with Gasteiger partial charge in [0, 0.05) is 33.2 Å². The number of benzene rings is 1. The molecule has 1 saturated carbocycles. The van der Waals surface area contributed by atoms with E-state index in [9.17, 15) is 4.79 Å². The highest BCUT2D eigenvalue weighted by Crippen LogP contribution is 2.49. The molecule has 0 radical (unpaired) electrons. The summed E-state index contributed by atoms with van der Waals surface area (Å²) in [5.74, 6) is 0.203. The van der Waals surface area contributed by atoms with Crippen LogP contribution in [0.1, 0.15) is 31.2 Å². The number of hydrogen-bond acceptors (Lipinski definition) is 3. The van der Waals surface area contributed by atoms with E-state index in [1.54, 1.807) is 0 Å². The first-order chi connectivity index (χ1) is 11.1. The molecule has 1 aromatic carbocycles. The van der Waals surface area contributed by atoms with E-state index in [2.05, 4.69) is 35.2 Å². The largest absolute Gasteiger partial charge is 0.357 e. The Balaban J connectivity index is 1.33. The minimum absolute atomic E-state index is 0.0948. The van der Waals surface area contributed by atoms with Gasteiger partial charge in [-0.1, -0.05) is 30.3 Å². The molecule has 0 aromatic heterocycles. The Morgan fingerprint density at radius 3 is 2.43 bits per heavy atom. The number of morpholine rings is 1. The number of likely N-dealkylation sites (tertiary alicyclic amines) is 1. The van der Waals surface area contributed by atoms with Gasteiger partial charge in [-0.3, -0.25) is 4.79 Å². The van der Waals surface area contributed by atoms with Crippen molar-refractivity contribution in [3.63, 3.8) is 0 Å². The van der Waals surface area contributed by atoms with E-state index in [0.29, 0.717) is 0 Å².